The van der Waals surface area contributed by atoms with Crippen molar-refractivity contribution in [1.82, 2.24) is 4.98 Å². The smallest absolute Gasteiger partial charge is 0.312 e. The maximum Gasteiger partial charge on any atom is 0.312 e. The number of pyridine rings is 1. The molecule has 5 nitrogen and oxygen atoms in total. The lowest BCUT2D eigenvalue weighted by Gasteiger charge is -2.25. The first kappa shape index (κ1) is 12.1. The SMILES string of the molecule is CC1(Nc2ncc(Cl)cc2[N+](=O)[O-])CCCC1. The van der Waals surface area contributed by atoms with Gasteiger partial charge in [-0.25, -0.2) is 4.98 Å². The number of hydrogen-bond donors (Lipinski definition) is 1. The number of anilines is 1. The highest BCUT2D eigenvalue weighted by Crippen LogP contribution is 2.35. The standard InChI is InChI=1S/C11H14ClN3O2/c1-11(4-2-3-5-11)14-10-9(15(16)17)6-8(12)7-13-10/h6-7H,2-5H2,1H3,(H,13,14). The van der Waals surface area contributed by atoms with Gasteiger partial charge >= 0.3 is 5.69 Å². The van der Waals surface area contributed by atoms with Crippen LogP contribution in [0.4, 0.5) is 11.5 Å². The second-order valence-electron chi connectivity index (χ2n) is 4.67. The van der Waals surface area contributed by atoms with Gasteiger partial charge in [0, 0.05) is 17.8 Å². The van der Waals surface area contributed by atoms with Crippen molar-refractivity contribution >= 4 is 23.1 Å². The van der Waals surface area contributed by atoms with E-state index in [1.54, 1.807) is 0 Å². The summed E-state index contributed by atoms with van der Waals surface area (Å²) >= 11 is 5.72. The lowest BCUT2D eigenvalue weighted by Crippen LogP contribution is -2.31. The molecule has 0 atom stereocenters. The van der Waals surface area contributed by atoms with Gasteiger partial charge < -0.3 is 5.32 Å². The predicted molar refractivity (Wildman–Crippen MR) is 66.4 cm³/mol. The van der Waals surface area contributed by atoms with Crippen LogP contribution in [0.15, 0.2) is 12.3 Å². The zero-order valence-corrected chi connectivity index (χ0v) is 10.3. The summed E-state index contributed by atoms with van der Waals surface area (Å²) in [7, 11) is 0. The van der Waals surface area contributed by atoms with Gasteiger partial charge in [-0.2, -0.15) is 0 Å². The molecule has 6 heteroatoms. The first-order valence-electron chi connectivity index (χ1n) is 5.58. The van der Waals surface area contributed by atoms with Crippen molar-refractivity contribution < 1.29 is 4.92 Å². The van der Waals surface area contributed by atoms with E-state index in [1.807, 2.05) is 0 Å². The van der Waals surface area contributed by atoms with Gasteiger partial charge in [0.05, 0.1) is 9.95 Å². The first-order chi connectivity index (χ1) is 8.00. The van der Waals surface area contributed by atoms with E-state index in [2.05, 4.69) is 17.2 Å². The Balaban J connectivity index is 2.28. The van der Waals surface area contributed by atoms with Gasteiger partial charge in [-0.3, -0.25) is 10.1 Å². The van der Waals surface area contributed by atoms with Crippen LogP contribution >= 0.6 is 11.6 Å². The topological polar surface area (TPSA) is 68.1 Å². The van der Waals surface area contributed by atoms with Crippen LogP contribution in [0.3, 0.4) is 0 Å². The van der Waals surface area contributed by atoms with Crippen LogP contribution in [0.5, 0.6) is 0 Å². The quantitative estimate of drug-likeness (QED) is 0.664. The summed E-state index contributed by atoms with van der Waals surface area (Å²) in [5.41, 5.74) is -0.156. The van der Waals surface area contributed by atoms with E-state index in [1.165, 1.54) is 12.3 Å². The Hall–Kier alpha value is -1.36. The van der Waals surface area contributed by atoms with Gasteiger partial charge in [0.1, 0.15) is 0 Å². The van der Waals surface area contributed by atoms with Gasteiger partial charge in [-0.1, -0.05) is 24.4 Å². The summed E-state index contributed by atoms with van der Waals surface area (Å²) < 4.78 is 0. The Kier molecular flexibility index (Phi) is 3.19. The summed E-state index contributed by atoms with van der Waals surface area (Å²) in [6.07, 6.45) is 5.73. The van der Waals surface area contributed by atoms with E-state index >= 15 is 0 Å². The Bertz CT molecular complexity index is 444. The fourth-order valence-electron chi connectivity index (χ4n) is 2.23. The fraction of sp³-hybridized carbons (Fsp3) is 0.545. The molecule has 1 aliphatic carbocycles. The molecule has 1 aliphatic rings. The predicted octanol–water partition coefficient (Wildman–Crippen LogP) is 3.39. The molecule has 1 saturated carbocycles. The molecule has 0 aliphatic heterocycles. The highest BCUT2D eigenvalue weighted by atomic mass is 35.5. The largest absolute Gasteiger partial charge is 0.359 e. The summed E-state index contributed by atoms with van der Waals surface area (Å²) in [6, 6.07) is 1.33. The molecule has 1 N–H and O–H groups in total. The first-order valence-corrected chi connectivity index (χ1v) is 5.96. The van der Waals surface area contributed by atoms with Crippen molar-refractivity contribution in [2.24, 2.45) is 0 Å². The van der Waals surface area contributed by atoms with Crippen molar-refractivity contribution in [2.45, 2.75) is 38.1 Å². The number of halogens is 1. The zero-order valence-electron chi connectivity index (χ0n) is 9.57. The monoisotopic (exact) mass is 255 g/mol. The lowest BCUT2D eigenvalue weighted by atomic mass is 10.0. The molecule has 1 aromatic heterocycles. The number of nitro groups is 1. The second-order valence-corrected chi connectivity index (χ2v) is 5.11. The number of aromatic nitrogens is 1. The second kappa shape index (κ2) is 4.49. The Labute approximate surface area is 104 Å². The van der Waals surface area contributed by atoms with Crippen LogP contribution in [-0.4, -0.2) is 15.4 Å². The molecule has 0 saturated heterocycles. The van der Waals surface area contributed by atoms with Crippen LogP contribution in [0.25, 0.3) is 0 Å². The van der Waals surface area contributed by atoms with Gasteiger partial charge in [-0.15, -0.1) is 0 Å². The number of rotatable bonds is 3. The van der Waals surface area contributed by atoms with E-state index < -0.39 is 4.92 Å². The van der Waals surface area contributed by atoms with Crippen molar-refractivity contribution in [1.29, 1.82) is 0 Å². The summed E-state index contributed by atoms with van der Waals surface area (Å²) in [5.74, 6) is 0.309. The third-order valence-corrected chi connectivity index (χ3v) is 3.36. The molecule has 0 spiro atoms. The molecule has 0 aromatic carbocycles. The summed E-state index contributed by atoms with van der Waals surface area (Å²) in [5, 5.41) is 14.4. The molecule has 0 amide bonds. The third kappa shape index (κ3) is 2.66. The molecule has 1 fully saturated rings. The minimum absolute atomic E-state index is 0.0642. The molecule has 17 heavy (non-hydrogen) atoms. The highest BCUT2D eigenvalue weighted by molar-refractivity contribution is 6.30. The lowest BCUT2D eigenvalue weighted by molar-refractivity contribution is -0.384. The summed E-state index contributed by atoms with van der Waals surface area (Å²) in [4.78, 5) is 14.5. The number of hydrogen-bond acceptors (Lipinski definition) is 4. The van der Waals surface area contributed by atoms with E-state index in [-0.39, 0.29) is 16.2 Å². The van der Waals surface area contributed by atoms with Crippen LogP contribution in [0, 0.1) is 10.1 Å². The molecule has 92 valence electrons. The average Bonchev–Trinajstić information content (AvgIpc) is 2.67. The van der Waals surface area contributed by atoms with Gasteiger partial charge in [0.15, 0.2) is 0 Å². The average molecular weight is 256 g/mol. The Morgan fingerprint density at radius 2 is 2.18 bits per heavy atom. The minimum Gasteiger partial charge on any atom is -0.359 e. The van der Waals surface area contributed by atoms with Crippen molar-refractivity contribution in [3.63, 3.8) is 0 Å². The van der Waals surface area contributed by atoms with Crippen LogP contribution in [0.2, 0.25) is 5.02 Å². The molecule has 1 aromatic rings. The molecule has 0 radical (unpaired) electrons. The zero-order chi connectivity index (χ0) is 12.5. The molecule has 0 unspecified atom stereocenters. The van der Waals surface area contributed by atoms with Gasteiger partial charge in [0.25, 0.3) is 0 Å². The van der Waals surface area contributed by atoms with Crippen molar-refractivity contribution in [3.8, 4) is 0 Å². The van der Waals surface area contributed by atoms with Crippen molar-refractivity contribution in [2.75, 3.05) is 5.32 Å². The molecular weight excluding hydrogens is 242 g/mol. The summed E-state index contributed by atoms with van der Waals surface area (Å²) in [6.45, 7) is 2.07. The van der Waals surface area contributed by atoms with Crippen LogP contribution in [-0.2, 0) is 0 Å². The normalized spacial score (nSPS) is 18.0. The van der Waals surface area contributed by atoms with Gasteiger partial charge in [-0.05, 0) is 19.8 Å². The minimum atomic E-state index is -0.459. The van der Waals surface area contributed by atoms with E-state index in [9.17, 15) is 10.1 Å². The fourth-order valence-corrected chi connectivity index (χ4v) is 2.38. The van der Waals surface area contributed by atoms with Crippen LogP contribution in [0.1, 0.15) is 32.6 Å². The maximum absolute atomic E-state index is 10.9. The van der Waals surface area contributed by atoms with E-state index in [0.717, 1.165) is 25.7 Å². The van der Waals surface area contributed by atoms with E-state index in [4.69, 9.17) is 11.6 Å². The third-order valence-electron chi connectivity index (χ3n) is 3.16. The molecule has 2 rings (SSSR count). The van der Waals surface area contributed by atoms with Crippen molar-refractivity contribution in [3.05, 3.63) is 27.4 Å². The molecule has 0 bridgehead atoms. The molecular formula is C11H14ClN3O2. The number of nitrogens with one attached hydrogen (secondary N) is 1. The Morgan fingerprint density at radius 3 is 2.76 bits per heavy atom. The number of nitrogens with zero attached hydrogens (tertiary/aromatic N) is 2. The Morgan fingerprint density at radius 1 is 1.53 bits per heavy atom. The molecule has 1 heterocycles. The van der Waals surface area contributed by atoms with E-state index in [0.29, 0.717) is 5.82 Å². The van der Waals surface area contributed by atoms with Gasteiger partial charge in [0.2, 0.25) is 5.82 Å². The van der Waals surface area contributed by atoms with Crippen LogP contribution < -0.4 is 5.32 Å². The maximum atomic E-state index is 10.9. The highest BCUT2D eigenvalue weighted by Gasteiger charge is 2.31.